The van der Waals surface area contributed by atoms with Crippen LogP contribution in [0.3, 0.4) is 0 Å². The summed E-state index contributed by atoms with van der Waals surface area (Å²) in [5.74, 6) is 0.327. The Morgan fingerprint density at radius 3 is 2.39 bits per heavy atom. The van der Waals surface area contributed by atoms with E-state index < -0.39 is 17.6 Å². The zero-order valence-electron chi connectivity index (χ0n) is 16.4. The van der Waals surface area contributed by atoms with Gasteiger partial charge in [0.25, 0.3) is 5.91 Å². The third-order valence-corrected chi connectivity index (χ3v) is 4.17. The second-order valence-electron chi connectivity index (χ2n) is 6.36. The SMILES string of the molecule is CCOc1ccc(Oc2ccc(C(F)(F)F)cc2NC(=O)c2cccc(C#N)c2)cc1. The van der Waals surface area contributed by atoms with Gasteiger partial charge in [0.1, 0.15) is 11.5 Å². The van der Waals surface area contributed by atoms with E-state index >= 15 is 0 Å². The first-order chi connectivity index (χ1) is 14.8. The van der Waals surface area contributed by atoms with Crippen molar-refractivity contribution in [1.82, 2.24) is 0 Å². The zero-order valence-corrected chi connectivity index (χ0v) is 16.4. The number of halogens is 3. The Morgan fingerprint density at radius 1 is 1.03 bits per heavy atom. The molecule has 8 heteroatoms. The third-order valence-electron chi connectivity index (χ3n) is 4.17. The fraction of sp³-hybridized carbons (Fsp3) is 0.130. The van der Waals surface area contributed by atoms with Crippen molar-refractivity contribution in [2.75, 3.05) is 11.9 Å². The summed E-state index contributed by atoms with van der Waals surface area (Å²) in [6.45, 7) is 2.33. The monoisotopic (exact) mass is 426 g/mol. The predicted octanol–water partition coefficient (Wildman–Crippen LogP) is 6.02. The number of amides is 1. The molecule has 1 N–H and O–H groups in total. The molecule has 0 saturated heterocycles. The fourth-order valence-electron chi connectivity index (χ4n) is 2.72. The number of nitrogens with zero attached hydrogens (tertiary/aromatic N) is 1. The van der Waals surface area contributed by atoms with Gasteiger partial charge in [0, 0.05) is 5.56 Å². The van der Waals surface area contributed by atoms with Crippen LogP contribution in [-0.4, -0.2) is 12.5 Å². The number of rotatable bonds is 6. The first kappa shape index (κ1) is 21.7. The molecule has 31 heavy (non-hydrogen) atoms. The Labute approximate surface area is 176 Å². The largest absolute Gasteiger partial charge is 0.494 e. The van der Waals surface area contributed by atoms with Gasteiger partial charge in [-0.15, -0.1) is 0 Å². The van der Waals surface area contributed by atoms with Crippen LogP contribution < -0.4 is 14.8 Å². The minimum atomic E-state index is -4.60. The van der Waals surface area contributed by atoms with Crippen LogP contribution in [0.2, 0.25) is 0 Å². The molecule has 158 valence electrons. The molecule has 1 amide bonds. The minimum Gasteiger partial charge on any atom is -0.494 e. The Hall–Kier alpha value is -3.99. The summed E-state index contributed by atoms with van der Waals surface area (Å²) in [5.41, 5.74) is -0.713. The summed E-state index contributed by atoms with van der Waals surface area (Å²) >= 11 is 0. The molecule has 0 aliphatic rings. The lowest BCUT2D eigenvalue weighted by Gasteiger charge is -2.15. The molecule has 0 radical (unpaired) electrons. The van der Waals surface area contributed by atoms with E-state index in [-0.39, 0.29) is 22.6 Å². The van der Waals surface area contributed by atoms with Gasteiger partial charge in [0.2, 0.25) is 0 Å². The van der Waals surface area contributed by atoms with Crippen molar-refractivity contribution in [3.63, 3.8) is 0 Å². The van der Waals surface area contributed by atoms with E-state index in [1.807, 2.05) is 13.0 Å². The molecule has 3 rings (SSSR count). The van der Waals surface area contributed by atoms with Crippen molar-refractivity contribution >= 4 is 11.6 Å². The highest BCUT2D eigenvalue weighted by Gasteiger charge is 2.31. The molecular formula is C23H17F3N2O3. The van der Waals surface area contributed by atoms with Gasteiger partial charge in [-0.1, -0.05) is 6.07 Å². The van der Waals surface area contributed by atoms with E-state index in [2.05, 4.69) is 5.32 Å². The van der Waals surface area contributed by atoms with Crippen LogP contribution in [0, 0.1) is 11.3 Å². The quantitative estimate of drug-likeness (QED) is 0.523. The number of carbonyl (C=O) groups is 1. The van der Waals surface area contributed by atoms with Gasteiger partial charge in [-0.05, 0) is 67.6 Å². The summed E-state index contributed by atoms with van der Waals surface area (Å²) in [6, 6.07) is 17.1. The number of hydrogen-bond acceptors (Lipinski definition) is 4. The summed E-state index contributed by atoms with van der Waals surface area (Å²) in [5, 5.41) is 11.4. The van der Waals surface area contributed by atoms with Crippen molar-refractivity contribution in [2.24, 2.45) is 0 Å². The van der Waals surface area contributed by atoms with Crippen LogP contribution in [0.1, 0.15) is 28.4 Å². The molecule has 0 aliphatic heterocycles. The first-order valence-corrected chi connectivity index (χ1v) is 9.23. The van der Waals surface area contributed by atoms with Gasteiger partial charge in [-0.3, -0.25) is 4.79 Å². The lowest BCUT2D eigenvalue weighted by molar-refractivity contribution is -0.137. The number of carbonyl (C=O) groups excluding carboxylic acids is 1. The number of hydrogen-bond donors (Lipinski definition) is 1. The maximum absolute atomic E-state index is 13.2. The standard InChI is InChI=1S/C23H17F3N2O3/c1-2-30-18-7-9-19(10-8-18)31-21-11-6-17(23(24,25)26)13-20(21)28-22(29)16-5-3-4-15(12-16)14-27/h3-13H,2H2,1H3,(H,28,29). The minimum absolute atomic E-state index is 0.0296. The number of benzene rings is 3. The Morgan fingerprint density at radius 2 is 1.74 bits per heavy atom. The van der Waals surface area contributed by atoms with Gasteiger partial charge >= 0.3 is 6.18 Å². The summed E-state index contributed by atoms with van der Waals surface area (Å²) in [4.78, 5) is 12.6. The van der Waals surface area contributed by atoms with Crippen molar-refractivity contribution in [3.05, 3.63) is 83.4 Å². The van der Waals surface area contributed by atoms with E-state index in [1.165, 1.54) is 24.3 Å². The van der Waals surface area contributed by atoms with Gasteiger partial charge in [0.05, 0.1) is 29.5 Å². The number of nitriles is 1. The van der Waals surface area contributed by atoms with Crippen LogP contribution >= 0.6 is 0 Å². The normalized spacial score (nSPS) is 10.8. The molecule has 3 aromatic rings. The Balaban J connectivity index is 1.92. The van der Waals surface area contributed by atoms with E-state index in [9.17, 15) is 18.0 Å². The zero-order chi connectivity index (χ0) is 22.4. The topological polar surface area (TPSA) is 71.3 Å². The molecule has 0 spiro atoms. The lowest BCUT2D eigenvalue weighted by Crippen LogP contribution is -2.14. The summed E-state index contributed by atoms with van der Waals surface area (Å²) in [7, 11) is 0. The van der Waals surface area contributed by atoms with Crippen LogP contribution in [0.5, 0.6) is 17.2 Å². The molecule has 0 aliphatic carbocycles. The highest BCUT2D eigenvalue weighted by atomic mass is 19.4. The van der Waals surface area contributed by atoms with E-state index in [0.29, 0.717) is 18.1 Å². The molecule has 0 saturated carbocycles. The van der Waals surface area contributed by atoms with Crippen LogP contribution in [0.4, 0.5) is 18.9 Å². The number of ether oxygens (including phenoxy) is 2. The van der Waals surface area contributed by atoms with Crippen LogP contribution in [0.25, 0.3) is 0 Å². The average molecular weight is 426 g/mol. The van der Waals surface area contributed by atoms with Gasteiger partial charge in [-0.2, -0.15) is 18.4 Å². The number of anilines is 1. The first-order valence-electron chi connectivity index (χ1n) is 9.23. The molecule has 3 aromatic carbocycles. The highest BCUT2D eigenvalue weighted by molar-refractivity contribution is 6.05. The molecule has 0 fully saturated rings. The van der Waals surface area contributed by atoms with Gasteiger partial charge in [0.15, 0.2) is 5.75 Å². The molecule has 0 unspecified atom stereocenters. The number of alkyl halides is 3. The van der Waals surface area contributed by atoms with Crippen molar-refractivity contribution in [3.8, 4) is 23.3 Å². The summed E-state index contributed by atoms with van der Waals surface area (Å²) < 4.78 is 50.6. The van der Waals surface area contributed by atoms with Crippen molar-refractivity contribution in [2.45, 2.75) is 13.1 Å². The van der Waals surface area contributed by atoms with Gasteiger partial charge < -0.3 is 14.8 Å². The maximum Gasteiger partial charge on any atom is 0.416 e. The lowest BCUT2D eigenvalue weighted by atomic mass is 10.1. The van der Waals surface area contributed by atoms with Crippen LogP contribution in [-0.2, 0) is 6.18 Å². The highest BCUT2D eigenvalue weighted by Crippen LogP contribution is 2.37. The van der Waals surface area contributed by atoms with E-state index in [0.717, 1.165) is 18.2 Å². The van der Waals surface area contributed by atoms with E-state index in [4.69, 9.17) is 14.7 Å². The molecule has 0 bridgehead atoms. The average Bonchev–Trinajstić information content (AvgIpc) is 2.75. The number of nitrogens with one attached hydrogen (secondary N) is 1. The third kappa shape index (κ3) is 5.54. The molecule has 0 atom stereocenters. The second-order valence-corrected chi connectivity index (χ2v) is 6.36. The predicted molar refractivity (Wildman–Crippen MR) is 108 cm³/mol. The summed E-state index contributed by atoms with van der Waals surface area (Å²) in [6.07, 6.45) is -4.60. The fourth-order valence-corrected chi connectivity index (χ4v) is 2.72. The van der Waals surface area contributed by atoms with Crippen molar-refractivity contribution in [1.29, 1.82) is 5.26 Å². The Bertz CT molecular complexity index is 1120. The Kier molecular flexibility index (Phi) is 6.46. The maximum atomic E-state index is 13.2. The van der Waals surface area contributed by atoms with Crippen molar-refractivity contribution < 1.29 is 27.4 Å². The van der Waals surface area contributed by atoms with E-state index in [1.54, 1.807) is 24.3 Å². The molecule has 0 aromatic heterocycles. The molecule has 0 heterocycles. The molecular weight excluding hydrogens is 409 g/mol. The molecule has 5 nitrogen and oxygen atoms in total. The van der Waals surface area contributed by atoms with Crippen LogP contribution in [0.15, 0.2) is 66.7 Å². The smallest absolute Gasteiger partial charge is 0.416 e. The second kappa shape index (κ2) is 9.22. The van der Waals surface area contributed by atoms with Gasteiger partial charge in [-0.25, -0.2) is 0 Å².